The van der Waals surface area contributed by atoms with Crippen molar-refractivity contribution in [2.75, 3.05) is 18.0 Å². The van der Waals surface area contributed by atoms with E-state index in [4.69, 9.17) is 5.84 Å². The molecule has 0 saturated carbocycles. The van der Waals surface area contributed by atoms with Crippen molar-refractivity contribution >= 4 is 11.6 Å². The number of aryl methyl sites for hydroxylation is 2. The number of nitrogens with one attached hydrogen (secondary N) is 1. The molecule has 1 aliphatic heterocycles. The molecule has 4 heteroatoms. The Labute approximate surface area is 150 Å². The molecule has 2 aromatic rings. The van der Waals surface area contributed by atoms with E-state index in [-0.39, 0.29) is 5.91 Å². The molecule has 0 bridgehead atoms. The molecule has 4 nitrogen and oxygen atoms in total. The Balaban J connectivity index is 1.57. The Kier molecular flexibility index (Phi) is 6.07. The lowest BCUT2D eigenvalue weighted by molar-refractivity contribution is -0.120. The maximum atomic E-state index is 11.3. The van der Waals surface area contributed by atoms with E-state index >= 15 is 0 Å². The summed E-state index contributed by atoms with van der Waals surface area (Å²) in [7, 11) is 0. The maximum absolute atomic E-state index is 11.3. The van der Waals surface area contributed by atoms with E-state index in [0.717, 1.165) is 18.4 Å². The lowest BCUT2D eigenvalue weighted by atomic mass is 10.0. The molecule has 25 heavy (non-hydrogen) atoms. The minimum absolute atomic E-state index is 0.165. The number of nitrogens with two attached hydrogens (primary N) is 1. The van der Waals surface area contributed by atoms with Crippen molar-refractivity contribution in [3.8, 4) is 0 Å². The number of carbonyl (C=O) groups is 1. The number of hydrogen-bond donors (Lipinski definition) is 2. The van der Waals surface area contributed by atoms with Crippen LogP contribution in [0.5, 0.6) is 0 Å². The summed E-state index contributed by atoms with van der Waals surface area (Å²) in [6, 6.07) is 17.2. The van der Waals surface area contributed by atoms with Gasteiger partial charge >= 0.3 is 0 Å². The fourth-order valence-corrected chi connectivity index (χ4v) is 3.41. The average Bonchev–Trinajstić information content (AvgIpc) is 2.68. The summed E-state index contributed by atoms with van der Waals surface area (Å²) < 4.78 is 0. The normalized spacial score (nSPS) is 14.4. The second-order valence-electron chi connectivity index (χ2n) is 6.78. The molecule has 0 aromatic heterocycles. The van der Waals surface area contributed by atoms with Crippen molar-refractivity contribution in [1.82, 2.24) is 5.43 Å². The highest BCUT2D eigenvalue weighted by atomic mass is 16.2. The minimum Gasteiger partial charge on any atom is -0.372 e. The summed E-state index contributed by atoms with van der Waals surface area (Å²) in [5.41, 5.74) is 7.19. The van der Waals surface area contributed by atoms with Gasteiger partial charge in [-0.2, -0.15) is 0 Å². The van der Waals surface area contributed by atoms with Crippen LogP contribution in [0.2, 0.25) is 0 Å². The molecule has 3 N–H and O–H groups in total. The zero-order chi connectivity index (χ0) is 17.5. The van der Waals surface area contributed by atoms with Gasteiger partial charge in [0.2, 0.25) is 5.91 Å². The molecule has 1 saturated heterocycles. The molecule has 0 aliphatic carbocycles. The van der Waals surface area contributed by atoms with Crippen molar-refractivity contribution in [2.45, 2.75) is 38.5 Å². The fourth-order valence-electron chi connectivity index (χ4n) is 3.41. The monoisotopic (exact) mass is 337 g/mol. The fraction of sp³-hybridized carbons (Fsp3) is 0.381. The Hall–Kier alpha value is -2.33. The van der Waals surface area contributed by atoms with Gasteiger partial charge in [0.1, 0.15) is 0 Å². The van der Waals surface area contributed by atoms with Crippen molar-refractivity contribution in [2.24, 2.45) is 5.84 Å². The van der Waals surface area contributed by atoms with Gasteiger partial charge in [0.25, 0.3) is 0 Å². The molecule has 0 spiro atoms. The van der Waals surface area contributed by atoms with E-state index in [1.54, 1.807) is 0 Å². The second kappa shape index (κ2) is 8.67. The predicted octanol–water partition coefficient (Wildman–Crippen LogP) is 2.99. The first-order valence-electron chi connectivity index (χ1n) is 9.16. The third-order valence-electron chi connectivity index (χ3n) is 4.88. The summed E-state index contributed by atoms with van der Waals surface area (Å²) in [5.74, 6) is 4.96. The standard InChI is InChI=1S/C21H27N3O/c22-23-21(25)16-19-11-8-17(9-12-19)7-10-18-5-4-6-20(15-18)24-13-2-1-3-14-24/h4-6,8-9,11-12,15H,1-3,7,10,13-14,16,22H2,(H,23,25). The molecular formula is C21H27N3O. The molecule has 0 unspecified atom stereocenters. The number of rotatable bonds is 6. The smallest absolute Gasteiger partial charge is 0.238 e. The number of hydrazine groups is 1. The van der Waals surface area contributed by atoms with Gasteiger partial charge in [-0.15, -0.1) is 0 Å². The van der Waals surface area contributed by atoms with Gasteiger partial charge in [0.15, 0.2) is 0 Å². The van der Waals surface area contributed by atoms with Gasteiger partial charge in [-0.3, -0.25) is 10.2 Å². The molecule has 1 amide bonds. The van der Waals surface area contributed by atoms with Crippen molar-refractivity contribution in [1.29, 1.82) is 0 Å². The molecule has 132 valence electrons. The first kappa shape index (κ1) is 17.5. The number of anilines is 1. The van der Waals surface area contributed by atoms with E-state index in [9.17, 15) is 4.79 Å². The van der Waals surface area contributed by atoms with Gasteiger partial charge in [0.05, 0.1) is 6.42 Å². The summed E-state index contributed by atoms with van der Waals surface area (Å²) in [6.45, 7) is 2.36. The Morgan fingerprint density at radius 2 is 1.60 bits per heavy atom. The first-order valence-corrected chi connectivity index (χ1v) is 9.16. The van der Waals surface area contributed by atoms with Crippen LogP contribution in [0.3, 0.4) is 0 Å². The first-order chi connectivity index (χ1) is 12.2. The number of hydrogen-bond acceptors (Lipinski definition) is 3. The molecule has 0 atom stereocenters. The van der Waals surface area contributed by atoms with Crippen LogP contribution in [0.1, 0.15) is 36.0 Å². The third-order valence-corrected chi connectivity index (χ3v) is 4.88. The van der Waals surface area contributed by atoms with Crippen LogP contribution in [-0.2, 0) is 24.1 Å². The minimum atomic E-state index is -0.165. The molecule has 1 fully saturated rings. The summed E-state index contributed by atoms with van der Waals surface area (Å²) in [5, 5.41) is 0. The molecule has 3 rings (SSSR count). The quantitative estimate of drug-likeness (QED) is 0.484. The van der Waals surface area contributed by atoms with Gasteiger partial charge in [-0.1, -0.05) is 36.4 Å². The van der Waals surface area contributed by atoms with Crippen LogP contribution >= 0.6 is 0 Å². The number of benzene rings is 2. The highest BCUT2D eigenvalue weighted by Crippen LogP contribution is 2.21. The zero-order valence-electron chi connectivity index (χ0n) is 14.7. The van der Waals surface area contributed by atoms with Gasteiger partial charge in [-0.05, 0) is 60.9 Å². The molecular weight excluding hydrogens is 310 g/mol. The van der Waals surface area contributed by atoms with Crippen molar-refractivity contribution < 1.29 is 4.79 Å². The third kappa shape index (κ3) is 5.07. The number of amides is 1. The van der Waals surface area contributed by atoms with Gasteiger partial charge in [0, 0.05) is 18.8 Å². The second-order valence-corrected chi connectivity index (χ2v) is 6.78. The van der Waals surface area contributed by atoms with E-state index in [2.05, 4.69) is 46.7 Å². The van der Waals surface area contributed by atoms with E-state index in [1.807, 2.05) is 12.1 Å². The van der Waals surface area contributed by atoms with Gasteiger partial charge < -0.3 is 4.90 Å². The highest BCUT2D eigenvalue weighted by Gasteiger charge is 2.11. The van der Waals surface area contributed by atoms with Crippen LogP contribution in [0.15, 0.2) is 48.5 Å². The van der Waals surface area contributed by atoms with Gasteiger partial charge in [-0.25, -0.2) is 5.84 Å². The maximum Gasteiger partial charge on any atom is 0.238 e. The Morgan fingerprint density at radius 1 is 0.920 bits per heavy atom. The summed E-state index contributed by atoms with van der Waals surface area (Å²) in [4.78, 5) is 13.8. The summed E-state index contributed by atoms with van der Waals surface area (Å²) in [6.07, 6.45) is 6.34. The number of piperidine rings is 1. The molecule has 2 aromatic carbocycles. The lowest BCUT2D eigenvalue weighted by Gasteiger charge is -2.29. The zero-order valence-corrected chi connectivity index (χ0v) is 14.7. The largest absolute Gasteiger partial charge is 0.372 e. The predicted molar refractivity (Wildman–Crippen MR) is 102 cm³/mol. The topological polar surface area (TPSA) is 58.4 Å². The average molecular weight is 337 g/mol. The molecule has 1 aliphatic rings. The van der Waals surface area contributed by atoms with Crippen LogP contribution < -0.4 is 16.2 Å². The Morgan fingerprint density at radius 3 is 2.32 bits per heavy atom. The SMILES string of the molecule is NNC(=O)Cc1ccc(CCc2cccc(N3CCCCC3)c2)cc1. The van der Waals surface area contributed by atoms with Crippen molar-refractivity contribution in [3.63, 3.8) is 0 Å². The molecule has 0 radical (unpaired) electrons. The Bertz CT molecular complexity index is 691. The van der Waals surface area contributed by atoms with E-state index in [1.165, 1.54) is 49.2 Å². The summed E-state index contributed by atoms with van der Waals surface area (Å²) >= 11 is 0. The number of nitrogens with zero attached hydrogens (tertiary/aromatic N) is 1. The van der Waals surface area contributed by atoms with Crippen molar-refractivity contribution in [3.05, 3.63) is 65.2 Å². The van der Waals surface area contributed by atoms with E-state index in [0.29, 0.717) is 6.42 Å². The lowest BCUT2D eigenvalue weighted by Crippen LogP contribution is -2.31. The van der Waals surface area contributed by atoms with Crippen LogP contribution in [0.25, 0.3) is 0 Å². The van der Waals surface area contributed by atoms with Crippen LogP contribution in [0.4, 0.5) is 5.69 Å². The van der Waals surface area contributed by atoms with Crippen LogP contribution in [0, 0.1) is 0 Å². The van der Waals surface area contributed by atoms with Crippen LogP contribution in [-0.4, -0.2) is 19.0 Å². The van der Waals surface area contributed by atoms with E-state index < -0.39 is 0 Å². The molecule has 1 heterocycles. The number of carbonyl (C=O) groups excluding carboxylic acids is 1. The highest BCUT2D eigenvalue weighted by molar-refractivity contribution is 5.77.